The SMILES string of the molecule is Cc1ccc(OCCCn2c(C(C)NC(=O)c3ccccn3)nc3ccccc32)cc1C. The molecule has 4 aromatic rings. The number of carbonyl (C=O) groups is 1. The first-order valence-corrected chi connectivity index (χ1v) is 10.9. The fourth-order valence-corrected chi connectivity index (χ4v) is 3.71. The van der Waals surface area contributed by atoms with Crippen LogP contribution in [-0.2, 0) is 6.54 Å². The summed E-state index contributed by atoms with van der Waals surface area (Å²) in [5.41, 5.74) is 4.84. The van der Waals surface area contributed by atoms with E-state index in [4.69, 9.17) is 9.72 Å². The molecule has 1 unspecified atom stereocenters. The molecule has 2 heterocycles. The second kappa shape index (κ2) is 9.64. The third-order valence-electron chi connectivity index (χ3n) is 5.59. The number of nitrogens with one attached hydrogen (secondary N) is 1. The van der Waals surface area contributed by atoms with Crippen LogP contribution >= 0.6 is 0 Å². The molecule has 6 heteroatoms. The maximum Gasteiger partial charge on any atom is 0.270 e. The molecule has 6 nitrogen and oxygen atoms in total. The first kappa shape index (κ1) is 21.6. The largest absolute Gasteiger partial charge is 0.494 e. The van der Waals surface area contributed by atoms with Gasteiger partial charge in [0.25, 0.3) is 5.91 Å². The Morgan fingerprint density at radius 3 is 2.66 bits per heavy atom. The summed E-state index contributed by atoms with van der Waals surface area (Å²) in [7, 11) is 0. The summed E-state index contributed by atoms with van der Waals surface area (Å²) in [5, 5.41) is 3.03. The van der Waals surface area contributed by atoms with Crippen molar-refractivity contribution in [2.24, 2.45) is 0 Å². The van der Waals surface area contributed by atoms with Gasteiger partial charge in [-0.05, 0) is 74.7 Å². The van der Waals surface area contributed by atoms with E-state index in [1.807, 2.05) is 31.2 Å². The molecule has 32 heavy (non-hydrogen) atoms. The van der Waals surface area contributed by atoms with Gasteiger partial charge in [-0.3, -0.25) is 9.78 Å². The highest BCUT2D eigenvalue weighted by molar-refractivity contribution is 5.92. The molecule has 0 radical (unpaired) electrons. The zero-order valence-electron chi connectivity index (χ0n) is 18.7. The Kier molecular flexibility index (Phi) is 6.50. The summed E-state index contributed by atoms with van der Waals surface area (Å²) < 4.78 is 8.13. The minimum absolute atomic E-state index is 0.213. The summed E-state index contributed by atoms with van der Waals surface area (Å²) in [6.07, 6.45) is 2.44. The highest BCUT2D eigenvalue weighted by Crippen LogP contribution is 2.22. The summed E-state index contributed by atoms with van der Waals surface area (Å²) in [5.74, 6) is 1.50. The molecule has 2 aromatic carbocycles. The minimum Gasteiger partial charge on any atom is -0.494 e. The summed E-state index contributed by atoms with van der Waals surface area (Å²) >= 11 is 0. The average Bonchev–Trinajstić information content (AvgIpc) is 3.18. The van der Waals surface area contributed by atoms with E-state index in [0.717, 1.165) is 35.6 Å². The second-order valence-electron chi connectivity index (χ2n) is 7.97. The molecule has 2 aromatic heterocycles. The van der Waals surface area contributed by atoms with Gasteiger partial charge in [-0.2, -0.15) is 0 Å². The number of benzene rings is 2. The molecule has 0 spiro atoms. The Labute approximate surface area is 188 Å². The number of fused-ring (bicyclic) bond motifs is 1. The van der Waals surface area contributed by atoms with E-state index in [1.165, 1.54) is 11.1 Å². The van der Waals surface area contributed by atoms with Crippen LogP contribution in [0, 0.1) is 13.8 Å². The number of para-hydroxylation sites is 2. The molecule has 0 aliphatic carbocycles. The van der Waals surface area contributed by atoms with E-state index in [-0.39, 0.29) is 11.9 Å². The van der Waals surface area contributed by atoms with Crippen LogP contribution in [0.25, 0.3) is 11.0 Å². The third kappa shape index (κ3) is 4.80. The predicted molar refractivity (Wildman–Crippen MR) is 126 cm³/mol. The number of aryl methyl sites for hydroxylation is 3. The van der Waals surface area contributed by atoms with Crippen molar-refractivity contribution < 1.29 is 9.53 Å². The molecular formula is C26H28N4O2. The standard InChI is InChI=1S/C26H28N4O2/c1-18-12-13-21(17-19(18)2)32-16-8-15-30-24-11-5-4-9-22(24)29-25(30)20(3)28-26(31)23-10-6-7-14-27-23/h4-7,9-14,17,20H,8,15-16H2,1-3H3,(H,28,31). The Balaban J connectivity index is 1.47. The van der Waals surface area contributed by atoms with Gasteiger partial charge in [-0.15, -0.1) is 0 Å². The van der Waals surface area contributed by atoms with Crippen LogP contribution < -0.4 is 10.1 Å². The molecule has 0 fully saturated rings. The summed E-state index contributed by atoms with van der Waals surface area (Å²) in [6.45, 7) is 7.48. The molecule has 1 atom stereocenters. The molecule has 0 saturated carbocycles. The fraction of sp³-hybridized carbons (Fsp3) is 0.269. The molecule has 4 rings (SSSR count). The Bertz CT molecular complexity index is 1220. The minimum atomic E-state index is -0.266. The van der Waals surface area contributed by atoms with Crippen molar-refractivity contribution in [1.82, 2.24) is 19.9 Å². The zero-order valence-corrected chi connectivity index (χ0v) is 18.7. The van der Waals surface area contributed by atoms with Gasteiger partial charge in [-0.1, -0.05) is 24.3 Å². The number of pyridine rings is 1. The maximum atomic E-state index is 12.6. The number of hydrogen-bond donors (Lipinski definition) is 1. The first-order chi connectivity index (χ1) is 15.5. The van der Waals surface area contributed by atoms with E-state index in [1.54, 1.807) is 24.4 Å². The van der Waals surface area contributed by atoms with Gasteiger partial charge in [0.1, 0.15) is 17.3 Å². The summed E-state index contributed by atoms with van der Waals surface area (Å²) in [4.78, 5) is 21.5. The van der Waals surface area contributed by atoms with Gasteiger partial charge in [0, 0.05) is 12.7 Å². The highest BCUT2D eigenvalue weighted by Gasteiger charge is 2.19. The van der Waals surface area contributed by atoms with E-state index < -0.39 is 0 Å². The zero-order chi connectivity index (χ0) is 22.5. The predicted octanol–water partition coefficient (Wildman–Crippen LogP) is 5.01. The van der Waals surface area contributed by atoms with Crippen LogP contribution in [0.15, 0.2) is 66.9 Å². The van der Waals surface area contributed by atoms with Crippen molar-refractivity contribution in [2.45, 2.75) is 39.8 Å². The lowest BCUT2D eigenvalue weighted by Crippen LogP contribution is -2.29. The molecule has 0 bridgehead atoms. The van der Waals surface area contributed by atoms with Crippen LogP contribution in [0.5, 0.6) is 5.75 Å². The lowest BCUT2D eigenvalue weighted by atomic mass is 10.1. The van der Waals surface area contributed by atoms with Gasteiger partial charge in [0.15, 0.2) is 0 Å². The molecule has 1 N–H and O–H groups in total. The first-order valence-electron chi connectivity index (χ1n) is 10.9. The van der Waals surface area contributed by atoms with Gasteiger partial charge in [0.05, 0.1) is 23.7 Å². The number of rotatable bonds is 8. The lowest BCUT2D eigenvalue weighted by Gasteiger charge is -2.16. The van der Waals surface area contributed by atoms with Crippen LogP contribution in [0.2, 0.25) is 0 Å². The van der Waals surface area contributed by atoms with Crippen molar-refractivity contribution in [3.63, 3.8) is 0 Å². The van der Waals surface area contributed by atoms with Crippen LogP contribution in [0.4, 0.5) is 0 Å². The number of nitrogens with zero attached hydrogens (tertiary/aromatic N) is 3. The van der Waals surface area contributed by atoms with Gasteiger partial charge in [-0.25, -0.2) is 4.98 Å². The Morgan fingerprint density at radius 1 is 1.06 bits per heavy atom. The van der Waals surface area contributed by atoms with Crippen molar-refractivity contribution in [3.8, 4) is 5.75 Å². The van der Waals surface area contributed by atoms with Crippen molar-refractivity contribution in [1.29, 1.82) is 0 Å². The second-order valence-corrected chi connectivity index (χ2v) is 7.97. The van der Waals surface area contributed by atoms with Crippen LogP contribution in [0.1, 0.15) is 46.8 Å². The number of imidazole rings is 1. The molecular weight excluding hydrogens is 400 g/mol. The molecule has 0 aliphatic rings. The smallest absolute Gasteiger partial charge is 0.270 e. The fourth-order valence-electron chi connectivity index (χ4n) is 3.71. The Hall–Kier alpha value is -3.67. The maximum absolute atomic E-state index is 12.6. The van der Waals surface area contributed by atoms with E-state index >= 15 is 0 Å². The molecule has 0 saturated heterocycles. The summed E-state index contributed by atoms with van der Waals surface area (Å²) in [6, 6.07) is 19.2. The van der Waals surface area contributed by atoms with Gasteiger partial charge >= 0.3 is 0 Å². The molecule has 1 amide bonds. The molecule has 164 valence electrons. The van der Waals surface area contributed by atoms with Crippen molar-refractivity contribution in [2.75, 3.05) is 6.61 Å². The number of aromatic nitrogens is 3. The number of amides is 1. The quantitative estimate of drug-likeness (QED) is 0.401. The normalized spacial score (nSPS) is 12.0. The topological polar surface area (TPSA) is 69.0 Å². The number of carbonyl (C=O) groups excluding carboxylic acids is 1. The average molecular weight is 429 g/mol. The third-order valence-corrected chi connectivity index (χ3v) is 5.59. The Morgan fingerprint density at radius 2 is 1.88 bits per heavy atom. The molecule has 0 aliphatic heterocycles. The van der Waals surface area contributed by atoms with Crippen molar-refractivity contribution >= 4 is 16.9 Å². The number of hydrogen-bond acceptors (Lipinski definition) is 4. The van der Waals surface area contributed by atoms with E-state index in [2.05, 4.69) is 46.9 Å². The number of ether oxygens (including phenoxy) is 1. The van der Waals surface area contributed by atoms with E-state index in [0.29, 0.717) is 12.3 Å². The van der Waals surface area contributed by atoms with Crippen LogP contribution in [-0.4, -0.2) is 27.0 Å². The highest BCUT2D eigenvalue weighted by atomic mass is 16.5. The van der Waals surface area contributed by atoms with Crippen molar-refractivity contribution in [3.05, 3.63) is 89.5 Å². The van der Waals surface area contributed by atoms with Gasteiger partial charge < -0.3 is 14.6 Å². The van der Waals surface area contributed by atoms with Gasteiger partial charge in [0.2, 0.25) is 0 Å². The lowest BCUT2D eigenvalue weighted by molar-refractivity contribution is 0.0932. The van der Waals surface area contributed by atoms with Crippen LogP contribution in [0.3, 0.4) is 0 Å². The van der Waals surface area contributed by atoms with E-state index in [9.17, 15) is 4.79 Å². The monoisotopic (exact) mass is 428 g/mol.